The van der Waals surface area contributed by atoms with E-state index in [2.05, 4.69) is 31.0 Å². The van der Waals surface area contributed by atoms with E-state index in [1.807, 2.05) is 17.9 Å². The van der Waals surface area contributed by atoms with Crippen molar-refractivity contribution in [3.8, 4) is 10.6 Å². The van der Waals surface area contributed by atoms with E-state index in [0.717, 1.165) is 22.5 Å². The Morgan fingerprint density at radius 2 is 1.67 bits per heavy atom. The molecule has 0 aliphatic carbocycles. The molecule has 3 aromatic rings. The molecule has 45 heavy (non-hydrogen) atoms. The van der Waals surface area contributed by atoms with Gasteiger partial charge in [0.15, 0.2) is 11.5 Å². The fourth-order valence-corrected chi connectivity index (χ4v) is 5.76. The third-order valence-electron chi connectivity index (χ3n) is 6.70. The summed E-state index contributed by atoms with van der Waals surface area (Å²) in [6, 6.07) is 1.10. The Labute approximate surface area is 265 Å². The molecule has 1 aliphatic rings. The zero-order valence-corrected chi connectivity index (χ0v) is 27.7. The summed E-state index contributed by atoms with van der Waals surface area (Å²) in [5.74, 6) is -0.0179. The Kier molecular flexibility index (Phi) is 10.00. The van der Waals surface area contributed by atoms with E-state index in [4.69, 9.17) is 9.47 Å². The van der Waals surface area contributed by atoms with Crippen LogP contribution in [-0.2, 0) is 16.5 Å². The molecule has 3 aromatic heterocycles. The number of halogens is 1. The lowest BCUT2D eigenvalue weighted by Gasteiger charge is -2.25. The number of anilines is 3. The first-order chi connectivity index (χ1) is 21.0. The molecule has 244 valence electrons. The van der Waals surface area contributed by atoms with Crippen LogP contribution in [0.4, 0.5) is 30.5 Å². The summed E-state index contributed by atoms with van der Waals surface area (Å²) in [6.07, 6.45) is 2.57. The number of rotatable bonds is 6. The second-order valence-corrected chi connectivity index (χ2v) is 13.8. The largest absolute Gasteiger partial charge is 0.444 e. The molecule has 4 heterocycles. The number of alkyl carbamates (subject to hydrolysis) is 1. The number of aromatic nitrogens is 4. The summed E-state index contributed by atoms with van der Waals surface area (Å²) in [5, 5.41) is 13.2. The van der Waals surface area contributed by atoms with E-state index < -0.39 is 41.5 Å². The van der Waals surface area contributed by atoms with Gasteiger partial charge in [0.1, 0.15) is 33.1 Å². The molecule has 15 heteroatoms. The van der Waals surface area contributed by atoms with Crippen LogP contribution in [0.2, 0.25) is 0 Å². The number of aryl methyl sites for hydroxylation is 2. The molecule has 3 amide bonds. The van der Waals surface area contributed by atoms with Crippen molar-refractivity contribution in [3.63, 3.8) is 0 Å². The number of pyridine rings is 1. The molecule has 13 nitrogen and oxygen atoms in total. The molecule has 1 fully saturated rings. The number of amides is 3. The van der Waals surface area contributed by atoms with Crippen molar-refractivity contribution in [3.05, 3.63) is 35.9 Å². The lowest BCUT2D eigenvalue weighted by atomic mass is 10.1. The molecule has 0 spiro atoms. The van der Waals surface area contributed by atoms with Crippen molar-refractivity contribution in [1.29, 1.82) is 0 Å². The number of hydrogen-bond donors (Lipinski definition) is 3. The predicted molar refractivity (Wildman–Crippen MR) is 171 cm³/mol. The van der Waals surface area contributed by atoms with Gasteiger partial charge in [-0.05, 0) is 72.9 Å². The number of alkyl halides is 1. The van der Waals surface area contributed by atoms with Crippen LogP contribution in [-0.4, -0.2) is 74.3 Å². The predicted octanol–water partition coefficient (Wildman–Crippen LogP) is 5.68. The van der Waals surface area contributed by atoms with Crippen molar-refractivity contribution in [2.45, 2.75) is 84.7 Å². The molecular weight excluding hydrogens is 603 g/mol. The van der Waals surface area contributed by atoms with Gasteiger partial charge in [-0.25, -0.2) is 19.0 Å². The van der Waals surface area contributed by atoms with E-state index in [-0.39, 0.29) is 17.1 Å². The van der Waals surface area contributed by atoms with Crippen molar-refractivity contribution in [2.24, 2.45) is 7.05 Å². The third kappa shape index (κ3) is 8.90. The fraction of sp³-hybridized carbons (Fsp3) is 0.533. The summed E-state index contributed by atoms with van der Waals surface area (Å²) in [6.45, 7) is 13.1. The normalized spacial score (nSPS) is 17.3. The van der Waals surface area contributed by atoms with Gasteiger partial charge >= 0.3 is 12.2 Å². The fourth-order valence-electron chi connectivity index (χ4n) is 4.74. The SMILES string of the molecule is Cc1ccncc1-c1nc(C(=O)Nc2cnn(C)c2N2CC[C@@H](F)[C@H](NC(=O)OC(C)(C)C)CC2)c(NC(=O)OC(C)(C)C)s1. The molecule has 0 bridgehead atoms. The molecule has 0 radical (unpaired) electrons. The molecular formula is C30H41FN8O5S. The van der Waals surface area contributed by atoms with Gasteiger partial charge in [0.25, 0.3) is 5.91 Å². The van der Waals surface area contributed by atoms with Gasteiger partial charge in [0.05, 0.1) is 12.2 Å². The van der Waals surface area contributed by atoms with Crippen molar-refractivity contribution in [2.75, 3.05) is 28.6 Å². The number of ether oxygens (including phenoxy) is 2. The number of carbonyl (C=O) groups is 3. The van der Waals surface area contributed by atoms with Crippen molar-refractivity contribution in [1.82, 2.24) is 25.1 Å². The van der Waals surface area contributed by atoms with E-state index in [1.165, 1.54) is 6.20 Å². The maximum absolute atomic E-state index is 15.1. The molecule has 3 N–H and O–H groups in total. The average molecular weight is 645 g/mol. The van der Waals surface area contributed by atoms with Gasteiger partial charge in [-0.1, -0.05) is 11.3 Å². The first-order valence-electron chi connectivity index (χ1n) is 14.6. The summed E-state index contributed by atoms with van der Waals surface area (Å²) in [5.41, 5.74) is 0.530. The van der Waals surface area contributed by atoms with Crippen LogP contribution in [0.15, 0.2) is 24.7 Å². The van der Waals surface area contributed by atoms with E-state index in [1.54, 1.807) is 65.7 Å². The minimum absolute atomic E-state index is 0.0137. The Morgan fingerprint density at radius 3 is 2.33 bits per heavy atom. The summed E-state index contributed by atoms with van der Waals surface area (Å²) in [4.78, 5) is 49.4. The summed E-state index contributed by atoms with van der Waals surface area (Å²) < 4.78 is 27.4. The maximum Gasteiger partial charge on any atom is 0.412 e. The highest BCUT2D eigenvalue weighted by molar-refractivity contribution is 7.19. The van der Waals surface area contributed by atoms with Crippen LogP contribution in [0.5, 0.6) is 0 Å². The summed E-state index contributed by atoms with van der Waals surface area (Å²) in [7, 11) is 1.72. The van der Waals surface area contributed by atoms with Gasteiger partial charge in [0, 0.05) is 38.1 Å². The second-order valence-electron chi connectivity index (χ2n) is 12.8. The molecule has 4 rings (SSSR count). The molecule has 1 aliphatic heterocycles. The smallest absolute Gasteiger partial charge is 0.412 e. The molecule has 0 saturated carbocycles. The zero-order chi connectivity index (χ0) is 33.1. The van der Waals surface area contributed by atoms with Gasteiger partial charge in [0.2, 0.25) is 0 Å². The van der Waals surface area contributed by atoms with E-state index in [0.29, 0.717) is 36.0 Å². The van der Waals surface area contributed by atoms with E-state index >= 15 is 4.39 Å². The summed E-state index contributed by atoms with van der Waals surface area (Å²) >= 11 is 1.13. The minimum Gasteiger partial charge on any atom is -0.444 e. The number of nitrogens with one attached hydrogen (secondary N) is 3. The Bertz CT molecular complexity index is 1540. The van der Waals surface area contributed by atoms with Crippen LogP contribution in [0.25, 0.3) is 10.6 Å². The number of thiazole rings is 1. The lowest BCUT2D eigenvalue weighted by molar-refractivity contribution is 0.0471. The van der Waals surface area contributed by atoms with Gasteiger partial charge in [-0.2, -0.15) is 5.10 Å². The van der Waals surface area contributed by atoms with Crippen LogP contribution in [0, 0.1) is 6.92 Å². The number of carbonyl (C=O) groups excluding carboxylic acids is 3. The molecule has 0 unspecified atom stereocenters. The van der Waals surface area contributed by atoms with Gasteiger partial charge in [-0.15, -0.1) is 0 Å². The lowest BCUT2D eigenvalue weighted by Crippen LogP contribution is -2.44. The average Bonchev–Trinajstić information content (AvgIpc) is 3.43. The Balaban J connectivity index is 1.56. The number of hydrogen-bond acceptors (Lipinski definition) is 10. The van der Waals surface area contributed by atoms with Crippen LogP contribution >= 0.6 is 11.3 Å². The van der Waals surface area contributed by atoms with Crippen LogP contribution in [0.3, 0.4) is 0 Å². The Morgan fingerprint density at radius 1 is 1.00 bits per heavy atom. The van der Waals surface area contributed by atoms with Gasteiger partial charge in [-0.3, -0.25) is 19.8 Å². The van der Waals surface area contributed by atoms with Crippen LogP contribution < -0.4 is 20.9 Å². The molecule has 0 aromatic carbocycles. The first-order valence-corrected chi connectivity index (χ1v) is 15.5. The second kappa shape index (κ2) is 13.4. The highest BCUT2D eigenvalue weighted by Crippen LogP contribution is 2.35. The molecule has 1 saturated heterocycles. The van der Waals surface area contributed by atoms with E-state index in [9.17, 15) is 14.4 Å². The maximum atomic E-state index is 15.1. The first kappa shape index (κ1) is 33.6. The van der Waals surface area contributed by atoms with Crippen LogP contribution in [0.1, 0.15) is 70.4 Å². The zero-order valence-electron chi connectivity index (χ0n) is 26.9. The van der Waals surface area contributed by atoms with Crippen molar-refractivity contribution >= 4 is 45.9 Å². The minimum atomic E-state index is -1.29. The Hall–Kier alpha value is -4.27. The molecule has 2 atom stereocenters. The monoisotopic (exact) mass is 644 g/mol. The topological polar surface area (TPSA) is 153 Å². The number of nitrogens with zero attached hydrogens (tertiary/aromatic N) is 5. The highest BCUT2D eigenvalue weighted by Gasteiger charge is 2.32. The third-order valence-corrected chi connectivity index (χ3v) is 7.71. The van der Waals surface area contributed by atoms with Gasteiger partial charge < -0.3 is 25.0 Å². The standard InChI is InChI=1S/C30H41FN8O5S/c1-17-9-12-32-15-18(17)24-36-22(25(45-24)37-28(42)44-30(5,6)7)23(40)34-21-16-33-38(8)26(21)39-13-10-19(31)20(11-14-39)35-27(41)43-29(2,3)4/h9,12,15-16,19-20H,10-11,13-14H2,1-8H3,(H,34,40)(H,35,41)(H,37,42)/t19-,20-/m1/s1. The quantitative estimate of drug-likeness (QED) is 0.308. The highest BCUT2D eigenvalue weighted by atomic mass is 32.1. The van der Waals surface area contributed by atoms with Crippen molar-refractivity contribution < 1.29 is 28.2 Å².